The molecule has 0 aliphatic carbocycles. The van der Waals surface area contributed by atoms with Gasteiger partial charge in [-0.15, -0.1) is 0 Å². The van der Waals surface area contributed by atoms with Gasteiger partial charge in [0.2, 0.25) is 5.91 Å². The molecule has 0 saturated carbocycles. The van der Waals surface area contributed by atoms with Gasteiger partial charge in [-0.05, 0) is 49.6 Å². The van der Waals surface area contributed by atoms with Gasteiger partial charge in [-0.2, -0.15) is 0 Å². The van der Waals surface area contributed by atoms with E-state index in [0.29, 0.717) is 22.6 Å². The first-order valence-corrected chi connectivity index (χ1v) is 10.7. The molecular formula is C24H28N4O5. The SMILES string of the molecule is CCOC(=O)NCCn1c(=O)c(CNC(C)C(N)=O)cc2ccc(Oc3ccccc3)cc21. The van der Waals surface area contributed by atoms with Crippen molar-refractivity contribution in [3.05, 3.63) is 70.5 Å². The van der Waals surface area contributed by atoms with E-state index in [2.05, 4.69) is 10.6 Å². The molecule has 3 aromatic rings. The number of alkyl carbamates (subject to hydrolysis) is 1. The second-order valence-corrected chi connectivity index (χ2v) is 7.41. The Bertz CT molecular complexity index is 1180. The van der Waals surface area contributed by atoms with Crippen molar-refractivity contribution in [3.63, 3.8) is 0 Å². The fourth-order valence-corrected chi connectivity index (χ4v) is 3.26. The third-order valence-electron chi connectivity index (χ3n) is 5.03. The lowest BCUT2D eigenvalue weighted by Gasteiger charge is -2.16. The molecule has 2 aromatic carbocycles. The van der Waals surface area contributed by atoms with Crippen LogP contribution >= 0.6 is 0 Å². The van der Waals surface area contributed by atoms with Crippen LogP contribution in [0.15, 0.2) is 59.4 Å². The molecule has 0 aliphatic heterocycles. The van der Waals surface area contributed by atoms with Crippen LogP contribution in [0.1, 0.15) is 19.4 Å². The third-order valence-corrected chi connectivity index (χ3v) is 5.03. The number of aromatic nitrogens is 1. The first kappa shape index (κ1) is 23.8. The summed E-state index contributed by atoms with van der Waals surface area (Å²) in [4.78, 5) is 36.3. The Morgan fingerprint density at radius 3 is 2.55 bits per heavy atom. The van der Waals surface area contributed by atoms with Crippen LogP contribution in [0.4, 0.5) is 4.79 Å². The lowest BCUT2D eigenvalue weighted by atomic mass is 10.1. The van der Waals surface area contributed by atoms with E-state index in [-0.39, 0.29) is 31.8 Å². The van der Waals surface area contributed by atoms with Crippen molar-refractivity contribution in [2.75, 3.05) is 13.2 Å². The number of nitrogens with zero attached hydrogens (tertiary/aromatic N) is 1. The summed E-state index contributed by atoms with van der Waals surface area (Å²) in [5, 5.41) is 6.41. The van der Waals surface area contributed by atoms with E-state index in [1.165, 1.54) is 0 Å². The van der Waals surface area contributed by atoms with E-state index in [0.717, 1.165) is 5.39 Å². The summed E-state index contributed by atoms with van der Waals surface area (Å²) >= 11 is 0. The second-order valence-electron chi connectivity index (χ2n) is 7.41. The van der Waals surface area contributed by atoms with E-state index in [1.54, 1.807) is 30.5 Å². The number of hydrogen-bond acceptors (Lipinski definition) is 6. The van der Waals surface area contributed by atoms with E-state index in [9.17, 15) is 14.4 Å². The molecule has 0 fully saturated rings. The number of nitrogens with two attached hydrogens (primary N) is 1. The van der Waals surface area contributed by atoms with Gasteiger partial charge in [0.05, 0.1) is 18.2 Å². The highest BCUT2D eigenvalue weighted by Gasteiger charge is 2.14. The highest BCUT2D eigenvalue weighted by molar-refractivity contribution is 5.81. The van der Waals surface area contributed by atoms with Gasteiger partial charge in [0.25, 0.3) is 5.56 Å². The van der Waals surface area contributed by atoms with Crippen LogP contribution in [0, 0.1) is 0 Å². The number of nitrogens with one attached hydrogen (secondary N) is 2. The summed E-state index contributed by atoms with van der Waals surface area (Å²) in [5.74, 6) is 0.752. The molecule has 4 N–H and O–H groups in total. The van der Waals surface area contributed by atoms with Crippen molar-refractivity contribution in [1.29, 1.82) is 0 Å². The van der Waals surface area contributed by atoms with Crippen LogP contribution in [-0.4, -0.2) is 35.8 Å². The summed E-state index contributed by atoms with van der Waals surface area (Å²) in [6, 6.07) is 16.0. The van der Waals surface area contributed by atoms with Crippen molar-refractivity contribution in [1.82, 2.24) is 15.2 Å². The zero-order valence-electron chi connectivity index (χ0n) is 18.7. The Balaban J connectivity index is 1.94. The first-order chi connectivity index (χ1) is 15.9. The highest BCUT2D eigenvalue weighted by Crippen LogP contribution is 2.25. The molecule has 2 amide bonds. The average Bonchev–Trinajstić information content (AvgIpc) is 2.80. The van der Waals surface area contributed by atoms with E-state index >= 15 is 0 Å². The van der Waals surface area contributed by atoms with Gasteiger partial charge in [0, 0.05) is 31.3 Å². The minimum absolute atomic E-state index is 0.173. The van der Waals surface area contributed by atoms with Gasteiger partial charge >= 0.3 is 6.09 Å². The zero-order valence-corrected chi connectivity index (χ0v) is 18.7. The van der Waals surface area contributed by atoms with Crippen molar-refractivity contribution >= 4 is 22.9 Å². The standard InChI is InChI=1S/C24H28N4O5/c1-3-32-24(31)26-11-12-28-21-14-20(33-19-7-5-4-6-8-19)10-9-17(21)13-18(23(28)30)15-27-16(2)22(25)29/h4-10,13-14,16,27H,3,11-12,15H2,1-2H3,(H2,25,29)(H,26,31). The van der Waals surface area contributed by atoms with Gasteiger partial charge in [-0.25, -0.2) is 4.79 Å². The molecule has 1 aromatic heterocycles. The largest absolute Gasteiger partial charge is 0.457 e. The minimum Gasteiger partial charge on any atom is -0.457 e. The molecule has 1 atom stereocenters. The monoisotopic (exact) mass is 452 g/mol. The van der Waals surface area contributed by atoms with Crippen LogP contribution in [0.3, 0.4) is 0 Å². The normalized spacial score (nSPS) is 11.7. The summed E-state index contributed by atoms with van der Waals surface area (Å²) in [6.45, 7) is 4.21. The summed E-state index contributed by atoms with van der Waals surface area (Å²) in [6.07, 6.45) is -0.545. The quantitative estimate of drug-likeness (QED) is 0.434. The van der Waals surface area contributed by atoms with Crippen molar-refractivity contribution in [3.8, 4) is 11.5 Å². The number of benzene rings is 2. The number of rotatable bonds is 10. The van der Waals surface area contributed by atoms with Crippen molar-refractivity contribution in [2.24, 2.45) is 5.73 Å². The van der Waals surface area contributed by atoms with Gasteiger partial charge in [-0.3, -0.25) is 9.59 Å². The highest BCUT2D eigenvalue weighted by atomic mass is 16.5. The van der Waals surface area contributed by atoms with Crippen LogP contribution in [-0.2, 0) is 22.6 Å². The van der Waals surface area contributed by atoms with Gasteiger partial charge in [0.1, 0.15) is 11.5 Å². The van der Waals surface area contributed by atoms with Crippen LogP contribution < -0.4 is 26.7 Å². The molecule has 0 radical (unpaired) electrons. The number of amides is 2. The molecule has 0 aliphatic rings. The second kappa shape index (κ2) is 11.1. The molecule has 1 heterocycles. The number of fused-ring (bicyclic) bond motifs is 1. The van der Waals surface area contributed by atoms with E-state index in [1.807, 2.05) is 42.5 Å². The molecule has 1 unspecified atom stereocenters. The predicted molar refractivity (Wildman–Crippen MR) is 125 cm³/mol. The minimum atomic E-state index is -0.583. The Morgan fingerprint density at radius 1 is 1.09 bits per heavy atom. The molecule has 3 rings (SSSR count). The zero-order chi connectivity index (χ0) is 23.8. The Kier molecular flexibility index (Phi) is 8.04. The summed E-state index contributed by atoms with van der Waals surface area (Å²) < 4.78 is 12.4. The van der Waals surface area contributed by atoms with Crippen LogP contribution in [0.25, 0.3) is 10.9 Å². The van der Waals surface area contributed by atoms with Gasteiger partial charge in [0.15, 0.2) is 0 Å². The molecule has 0 bridgehead atoms. The topological polar surface area (TPSA) is 125 Å². The van der Waals surface area contributed by atoms with E-state index < -0.39 is 18.0 Å². The number of carbonyl (C=O) groups excluding carboxylic acids is 2. The first-order valence-electron chi connectivity index (χ1n) is 10.7. The Labute approximate surface area is 191 Å². The van der Waals surface area contributed by atoms with Crippen LogP contribution in [0.5, 0.6) is 11.5 Å². The number of primary amides is 1. The number of carbonyl (C=O) groups is 2. The maximum Gasteiger partial charge on any atom is 0.407 e. The Hall–Kier alpha value is -3.85. The van der Waals surface area contributed by atoms with Crippen LogP contribution in [0.2, 0.25) is 0 Å². The molecular weight excluding hydrogens is 424 g/mol. The summed E-state index contributed by atoms with van der Waals surface area (Å²) in [7, 11) is 0. The Morgan fingerprint density at radius 2 is 1.85 bits per heavy atom. The maximum absolute atomic E-state index is 13.3. The number of pyridine rings is 1. The fraction of sp³-hybridized carbons (Fsp3) is 0.292. The average molecular weight is 453 g/mol. The van der Waals surface area contributed by atoms with Crippen molar-refractivity contribution < 1.29 is 19.1 Å². The third kappa shape index (κ3) is 6.33. The fourth-order valence-electron chi connectivity index (χ4n) is 3.26. The predicted octanol–water partition coefficient (Wildman–Crippen LogP) is 2.50. The number of ether oxygens (including phenoxy) is 2. The molecule has 0 spiro atoms. The summed E-state index contributed by atoms with van der Waals surface area (Å²) in [5.41, 5.74) is 6.20. The number of para-hydroxylation sites is 1. The molecule has 9 nitrogen and oxygen atoms in total. The molecule has 33 heavy (non-hydrogen) atoms. The lowest BCUT2D eigenvalue weighted by molar-refractivity contribution is -0.119. The lowest BCUT2D eigenvalue weighted by Crippen LogP contribution is -2.40. The smallest absolute Gasteiger partial charge is 0.407 e. The molecule has 9 heteroatoms. The number of hydrogen-bond donors (Lipinski definition) is 3. The van der Waals surface area contributed by atoms with E-state index in [4.69, 9.17) is 15.2 Å². The van der Waals surface area contributed by atoms with Gasteiger partial charge < -0.3 is 30.4 Å². The maximum atomic E-state index is 13.3. The van der Waals surface area contributed by atoms with Gasteiger partial charge in [-0.1, -0.05) is 18.2 Å². The molecule has 174 valence electrons. The van der Waals surface area contributed by atoms with Crippen molar-refractivity contribution in [2.45, 2.75) is 33.0 Å². The molecule has 0 saturated heterocycles.